The summed E-state index contributed by atoms with van der Waals surface area (Å²) < 4.78 is 12.6. The molecule has 0 amide bonds. The lowest BCUT2D eigenvalue weighted by molar-refractivity contribution is 0.0958. The molecular weight excluding hydrogens is 354 g/mol. The summed E-state index contributed by atoms with van der Waals surface area (Å²) in [6.45, 7) is 0.376. The monoisotopic (exact) mass is 373 g/mol. The first-order valence-corrected chi connectivity index (χ1v) is 9.26. The minimum Gasteiger partial charge on any atom is -0.469 e. The van der Waals surface area contributed by atoms with Crippen LogP contribution in [0.4, 0.5) is 0 Å². The standard InChI is InChI=1S/C22H19N3O3/c1-27-13-18-21(14-6-3-2-4-7-14)22-23-17-10-15(20-8-5-9-28-20)11-19(26)16(17)12-25(22)24-18/h2-9,12,15H,10-11,13H2,1H3. The number of hydrogen-bond acceptors (Lipinski definition) is 5. The molecule has 1 aromatic carbocycles. The van der Waals surface area contributed by atoms with Crippen LogP contribution in [0.3, 0.4) is 0 Å². The Kier molecular flexibility index (Phi) is 4.06. The molecule has 0 aliphatic heterocycles. The highest BCUT2D eigenvalue weighted by molar-refractivity contribution is 5.99. The number of carbonyl (C=O) groups is 1. The van der Waals surface area contributed by atoms with Crippen molar-refractivity contribution in [3.63, 3.8) is 0 Å². The summed E-state index contributed by atoms with van der Waals surface area (Å²) in [5, 5.41) is 4.65. The number of methoxy groups -OCH3 is 1. The van der Waals surface area contributed by atoms with E-state index in [1.54, 1.807) is 17.9 Å². The van der Waals surface area contributed by atoms with E-state index in [0.29, 0.717) is 25.0 Å². The van der Waals surface area contributed by atoms with E-state index in [9.17, 15) is 4.79 Å². The fraction of sp³-hybridized carbons (Fsp3) is 0.227. The number of aromatic nitrogens is 3. The molecule has 140 valence electrons. The van der Waals surface area contributed by atoms with Gasteiger partial charge in [0.05, 0.1) is 35.4 Å². The van der Waals surface area contributed by atoms with E-state index in [-0.39, 0.29) is 11.7 Å². The predicted molar refractivity (Wildman–Crippen MR) is 103 cm³/mol. The van der Waals surface area contributed by atoms with Crippen molar-refractivity contribution in [3.8, 4) is 11.1 Å². The number of furan rings is 1. The van der Waals surface area contributed by atoms with Crippen molar-refractivity contribution in [2.24, 2.45) is 0 Å². The van der Waals surface area contributed by atoms with Crippen molar-refractivity contribution in [1.82, 2.24) is 14.6 Å². The molecule has 6 nitrogen and oxygen atoms in total. The van der Waals surface area contributed by atoms with E-state index in [1.165, 1.54) is 0 Å². The number of ketones is 1. The first-order chi connectivity index (χ1) is 13.7. The molecule has 1 unspecified atom stereocenters. The molecule has 0 saturated heterocycles. The lowest BCUT2D eigenvalue weighted by atomic mass is 9.85. The van der Waals surface area contributed by atoms with Gasteiger partial charge in [-0.05, 0) is 17.7 Å². The first-order valence-electron chi connectivity index (χ1n) is 9.26. The number of ether oxygens (including phenoxy) is 1. The summed E-state index contributed by atoms with van der Waals surface area (Å²) in [7, 11) is 1.65. The van der Waals surface area contributed by atoms with E-state index >= 15 is 0 Å². The van der Waals surface area contributed by atoms with Crippen LogP contribution in [0.2, 0.25) is 0 Å². The average Bonchev–Trinajstić information content (AvgIpc) is 3.35. The molecule has 28 heavy (non-hydrogen) atoms. The third-order valence-corrected chi connectivity index (χ3v) is 5.22. The summed E-state index contributed by atoms with van der Waals surface area (Å²) in [5.74, 6) is 0.922. The summed E-state index contributed by atoms with van der Waals surface area (Å²) >= 11 is 0. The van der Waals surface area contributed by atoms with Gasteiger partial charge in [-0.15, -0.1) is 0 Å². The minimum atomic E-state index is 0.0199. The van der Waals surface area contributed by atoms with Gasteiger partial charge >= 0.3 is 0 Å². The predicted octanol–water partition coefficient (Wildman–Crippen LogP) is 4.05. The van der Waals surface area contributed by atoms with Crippen LogP contribution in [0.25, 0.3) is 16.8 Å². The molecule has 6 heteroatoms. The second-order valence-corrected chi connectivity index (χ2v) is 7.03. The highest BCUT2D eigenvalue weighted by Crippen LogP contribution is 2.34. The average molecular weight is 373 g/mol. The molecule has 1 aliphatic rings. The van der Waals surface area contributed by atoms with Gasteiger partial charge in [-0.1, -0.05) is 30.3 Å². The lowest BCUT2D eigenvalue weighted by Crippen LogP contribution is -2.21. The minimum absolute atomic E-state index is 0.0199. The Bertz CT molecular complexity index is 1150. The fourth-order valence-corrected chi connectivity index (χ4v) is 3.94. The Balaban J connectivity index is 1.68. The summed E-state index contributed by atoms with van der Waals surface area (Å²) in [4.78, 5) is 17.7. The normalized spacial score (nSPS) is 16.5. The third kappa shape index (κ3) is 2.73. The van der Waals surface area contributed by atoms with E-state index in [1.807, 2.05) is 48.7 Å². The number of carbonyl (C=O) groups excluding carboxylic acids is 1. The van der Waals surface area contributed by atoms with Gasteiger partial charge in [0, 0.05) is 32.1 Å². The van der Waals surface area contributed by atoms with Crippen LogP contribution in [0, 0.1) is 0 Å². The fourth-order valence-electron chi connectivity index (χ4n) is 3.94. The number of fused-ring (bicyclic) bond motifs is 2. The van der Waals surface area contributed by atoms with Gasteiger partial charge in [0.1, 0.15) is 5.76 Å². The smallest absolute Gasteiger partial charge is 0.167 e. The molecule has 0 spiro atoms. The van der Waals surface area contributed by atoms with Crippen LogP contribution in [-0.4, -0.2) is 27.5 Å². The molecule has 0 bridgehead atoms. The number of hydrogen-bond donors (Lipinski definition) is 0. The topological polar surface area (TPSA) is 69.6 Å². The SMILES string of the molecule is COCc1nn2cc3c(nc2c1-c1ccccc1)CC(c1ccco1)CC3=O. The largest absolute Gasteiger partial charge is 0.469 e. The Morgan fingerprint density at radius 2 is 2.04 bits per heavy atom. The number of benzene rings is 1. The molecule has 4 aromatic rings. The molecule has 3 aromatic heterocycles. The van der Waals surface area contributed by atoms with Crippen molar-refractivity contribution in [1.29, 1.82) is 0 Å². The lowest BCUT2D eigenvalue weighted by Gasteiger charge is -2.21. The number of Topliss-reactive ketones (excluding diaryl/α,β-unsaturated/α-hetero) is 1. The van der Waals surface area contributed by atoms with Crippen LogP contribution < -0.4 is 0 Å². The van der Waals surface area contributed by atoms with Crippen molar-refractivity contribution in [2.75, 3.05) is 7.11 Å². The zero-order valence-electron chi connectivity index (χ0n) is 15.5. The van der Waals surface area contributed by atoms with Crippen LogP contribution in [-0.2, 0) is 17.8 Å². The third-order valence-electron chi connectivity index (χ3n) is 5.22. The summed E-state index contributed by atoms with van der Waals surface area (Å²) in [6, 6.07) is 13.8. The maximum Gasteiger partial charge on any atom is 0.167 e. The Morgan fingerprint density at radius 1 is 1.18 bits per heavy atom. The highest BCUT2D eigenvalue weighted by Gasteiger charge is 2.30. The summed E-state index contributed by atoms with van der Waals surface area (Å²) in [5.41, 5.74) is 4.95. The zero-order valence-corrected chi connectivity index (χ0v) is 15.5. The van der Waals surface area contributed by atoms with E-state index < -0.39 is 0 Å². The molecule has 5 rings (SSSR count). The highest BCUT2D eigenvalue weighted by atomic mass is 16.5. The summed E-state index contributed by atoms with van der Waals surface area (Å²) in [6.07, 6.45) is 4.55. The molecular formula is C22H19N3O3. The van der Waals surface area contributed by atoms with Gasteiger partial charge in [-0.2, -0.15) is 5.10 Å². The van der Waals surface area contributed by atoms with Gasteiger partial charge in [-0.25, -0.2) is 9.50 Å². The molecule has 0 saturated carbocycles. The molecule has 3 heterocycles. The van der Waals surface area contributed by atoms with E-state index in [2.05, 4.69) is 5.10 Å². The molecule has 0 N–H and O–H groups in total. The van der Waals surface area contributed by atoms with Gasteiger partial charge < -0.3 is 9.15 Å². The molecule has 0 fully saturated rings. The maximum absolute atomic E-state index is 12.8. The zero-order chi connectivity index (χ0) is 19.1. The van der Waals surface area contributed by atoms with Crippen molar-refractivity contribution in [2.45, 2.75) is 25.4 Å². The first kappa shape index (κ1) is 16.9. The number of rotatable bonds is 4. The van der Waals surface area contributed by atoms with Crippen molar-refractivity contribution < 1.29 is 13.9 Å². The van der Waals surface area contributed by atoms with Crippen LogP contribution in [0.1, 0.15) is 39.8 Å². The molecule has 0 radical (unpaired) electrons. The second-order valence-electron chi connectivity index (χ2n) is 7.03. The molecule has 1 aliphatic carbocycles. The van der Waals surface area contributed by atoms with Gasteiger partial charge in [0.25, 0.3) is 0 Å². The van der Waals surface area contributed by atoms with Gasteiger partial charge in [0.15, 0.2) is 11.4 Å². The maximum atomic E-state index is 12.8. The van der Waals surface area contributed by atoms with E-state index in [4.69, 9.17) is 14.1 Å². The van der Waals surface area contributed by atoms with Crippen LogP contribution >= 0.6 is 0 Å². The Labute approximate surface area is 161 Å². The molecule has 1 atom stereocenters. The Morgan fingerprint density at radius 3 is 2.79 bits per heavy atom. The van der Waals surface area contributed by atoms with Crippen LogP contribution in [0.5, 0.6) is 0 Å². The van der Waals surface area contributed by atoms with E-state index in [0.717, 1.165) is 33.9 Å². The Hall–Kier alpha value is -3.25. The number of nitrogens with zero attached hydrogens (tertiary/aromatic N) is 3. The van der Waals surface area contributed by atoms with Crippen molar-refractivity contribution >= 4 is 11.4 Å². The van der Waals surface area contributed by atoms with Crippen LogP contribution in [0.15, 0.2) is 59.3 Å². The van der Waals surface area contributed by atoms with Gasteiger partial charge in [0.2, 0.25) is 0 Å². The quantitative estimate of drug-likeness (QED) is 0.540. The van der Waals surface area contributed by atoms with Gasteiger partial charge in [-0.3, -0.25) is 4.79 Å². The second kappa shape index (κ2) is 6.73. The van der Waals surface area contributed by atoms with Crippen molar-refractivity contribution in [3.05, 3.63) is 77.6 Å².